The van der Waals surface area contributed by atoms with Crippen LogP contribution in [-0.4, -0.2) is 24.5 Å². The van der Waals surface area contributed by atoms with Gasteiger partial charge in [0.15, 0.2) is 17.5 Å². The van der Waals surface area contributed by atoms with Crippen LogP contribution in [0.3, 0.4) is 0 Å². The molecular weight excluding hydrogens is 745 g/mol. The Morgan fingerprint density at radius 3 is 1.59 bits per heavy atom. The number of rotatable bonds is 9. The highest BCUT2D eigenvalue weighted by Gasteiger charge is 2.18. The molecule has 2 heterocycles. The standard InChI is InChI=1S/C55H38N6/c1-2-51-57-49-27-9-10-28-50(49)61(51)46-31-29-38(30-32-46)47-25-14-26-48(43-22-11-15-37(33-43)36-56)52(47)44-23-12-20-41(34-44)42-21-13-24-45(35-42)55-59-53(39-16-5-3-6-17-39)58-54(60-55)40-18-7-4-8-19-40/h3-35H,2H2,1H3. The molecule has 8 aromatic carbocycles. The Hall–Kier alpha value is -8.27. The predicted octanol–water partition coefficient (Wildman–Crippen LogP) is 13.3. The first-order valence-electron chi connectivity index (χ1n) is 20.4. The minimum atomic E-state index is 0.605. The van der Waals surface area contributed by atoms with Crippen LogP contribution in [0.25, 0.3) is 95.4 Å². The van der Waals surface area contributed by atoms with Gasteiger partial charge in [-0.2, -0.15) is 5.26 Å². The molecule has 288 valence electrons. The maximum atomic E-state index is 9.88. The summed E-state index contributed by atoms with van der Waals surface area (Å²) in [6.45, 7) is 2.14. The molecule has 0 fully saturated rings. The minimum absolute atomic E-state index is 0.605. The molecule has 0 amide bonds. The monoisotopic (exact) mass is 782 g/mol. The molecule has 0 saturated carbocycles. The van der Waals surface area contributed by atoms with E-state index in [1.807, 2.05) is 84.9 Å². The SMILES string of the molecule is CCc1nc2ccccc2n1-c1ccc(-c2cccc(-c3cccc(C#N)c3)c2-c2cccc(-c3cccc(-c4nc(-c5ccccc5)nc(-c5ccccc5)n4)c3)c2)cc1. The fraction of sp³-hybridized carbons (Fsp3) is 0.0364. The Bertz CT molecular complexity index is 3180. The van der Waals surface area contributed by atoms with Gasteiger partial charge in [0.05, 0.1) is 22.7 Å². The van der Waals surface area contributed by atoms with Crippen LogP contribution in [0.2, 0.25) is 0 Å². The van der Waals surface area contributed by atoms with Gasteiger partial charge in [0.2, 0.25) is 0 Å². The van der Waals surface area contributed by atoms with Gasteiger partial charge in [0, 0.05) is 28.8 Å². The molecule has 0 N–H and O–H groups in total. The van der Waals surface area contributed by atoms with Crippen LogP contribution in [-0.2, 0) is 6.42 Å². The topological polar surface area (TPSA) is 80.3 Å². The second kappa shape index (κ2) is 16.2. The molecule has 0 saturated heterocycles. The van der Waals surface area contributed by atoms with E-state index in [0.29, 0.717) is 23.0 Å². The fourth-order valence-electron chi connectivity index (χ4n) is 8.12. The van der Waals surface area contributed by atoms with Crippen LogP contribution in [0.5, 0.6) is 0 Å². The van der Waals surface area contributed by atoms with Crippen molar-refractivity contribution in [2.45, 2.75) is 13.3 Å². The Balaban J connectivity index is 1.09. The summed E-state index contributed by atoms with van der Waals surface area (Å²) in [4.78, 5) is 19.8. The van der Waals surface area contributed by atoms with Gasteiger partial charge in [0.1, 0.15) is 5.82 Å². The maximum absolute atomic E-state index is 9.88. The van der Waals surface area contributed by atoms with Crippen molar-refractivity contribution in [3.05, 3.63) is 212 Å². The zero-order valence-electron chi connectivity index (χ0n) is 33.4. The number of nitriles is 1. The summed E-state index contributed by atoms with van der Waals surface area (Å²) in [5.74, 6) is 2.88. The van der Waals surface area contributed by atoms with Crippen molar-refractivity contribution in [2.24, 2.45) is 0 Å². The quantitative estimate of drug-likeness (QED) is 0.146. The van der Waals surface area contributed by atoms with Gasteiger partial charge >= 0.3 is 0 Å². The smallest absolute Gasteiger partial charge is 0.164 e. The summed E-state index contributed by atoms with van der Waals surface area (Å²) in [6, 6.07) is 70.9. The summed E-state index contributed by atoms with van der Waals surface area (Å²) in [6.07, 6.45) is 0.822. The van der Waals surface area contributed by atoms with Crippen LogP contribution >= 0.6 is 0 Å². The molecule has 10 aromatic rings. The first kappa shape index (κ1) is 37.0. The van der Waals surface area contributed by atoms with E-state index in [9.17, 15) is 5.26 Å². The number of benzene rings is 8. The first-order valence-corrected chi connectivity index (χ1v) is 20.4. The number of aryl methyl sites for hydroxylation is 1. The molecule has 0 unspecified atom stereocenters. The molecule has 0 aliphatic rings. The predicted molar refractivity (Wildman–Crippen MR) is 247 cm³/mol. The number of aromatic nitrogens is 5. The van der Waals surface area contributed by atoms with E-state index in [1.165, 1.54) is 0 Å². The molecule has 0 radical (unpaired) electrons. The van der Waals surface area contributed by atoms with Gasteiger partial charge in [-0.05, 0) is 93.0 Å². The zero-order chi connectivity index (χ0) is 41.1. The molecule has 2 aromatic heterocycles. The van der Waals surface area contributed by atoms with Gasteiger partial charge in [-0.1, -0.05) is 159 Å². The van der Waals surface area contributed by atoms with Crippen LogP contribution in [0.15, 0.2) is 200 Å². The first-order chi connectivity index (χ1) is 30.1. The third kappa shape index (κ3) is 7.26. The number of hydrogen-bond acceptors (Lipinski definition) is 5. The van der Waals surface area contributed by atoms with Gasteiger partial charge < -0.3 is 0 Å². The van der Waals surface area contributed by atoms with Gasteiger partial charge in [-0.25, -0.2) is 19.9 Å². The highest BCUT2D eigenvalue weighted by atomic mass is 15.1. The second-order valence-corrected chi connectivity index (χ2v) is 14.9. The summed E-state index contributed by atoms with van der Waals surface area (Å²) in [7, 11) is 0. The van der Waals surface area contributed by atoms with Crippen molar-refractivity contribution in [1.29, 1.82) is 5.26 Å². The van der Waals surface area contributed by atoms with E-state index in [-0.39, 0.29) is 0 Å². The summed E-state index contributed by atoms with van der Waals surface area (Å²) < 4.78 is 2.25. The van der Waals surface area contributed by atoms with E-state index >= 15 is 0 Å². The molecule has 10 rings (SSSR count). The number of imidazole rings is 1. The summed E-state index contributed by atoms with van der Waals surface area (Å²) in [5, 5.41) is 9.88. The normalized spacial score (nSPS) is 11.1. The fourth-order valence-corrected chi connectivity index (χ4v) is 8.12. The average molecular weight is 783 g/mol. The largest absolute Gasteiger partial charge is 0.296 e. The van der Waals surface area contributed by atoms with Crippen molar-refractivity contribution in [1.82, 2.24) is 24.5 Å². The Morgan fingerprint density at radius 1 is 0.426 bits per heavy atom. The lowest BCUT2D eigenvalue weighted by atomic mass is 9.86. The molecule has 0 aliphatic heterocycles. The van der Waals surface area contributed by atoms with Crippen molar-refractivity contribution >= 4 is 11.0 Å². The van der Waals surface area contributed by atoms with Crippen LogP contribution in [0.1, 0.15) is 18.3 Å². The highest BCUT2D eigenvalue weighted by molar-refractivity contribution is 5.96. The molecule has 6 nitrogen and oxygen atoms in total. The Kier molecular flexibility index (Phi) is 9.82. The highest BCUT2D eigenvalue weighted by Crippen LogP contribution is 2.42. The zero-order valence-corrected chi connectivity index (χ0v) is 33.4. The van der Waals surface area contributed by atoms with Crippen molar-refractivity contribution in [3.8, 4) is 90.4 Å². The van der Waals surface area contributed by atoms with Gasteiger partial charge in [0.25, 0.3) is 0 Å². The van der Waals surface area contributed by atoms with Gasteiger partial charge in [-0.15, -0.1) is 0 Å². The third-order valence-corrected chi connectivity index (χ3v) is 11.1. The maximum Gasteiger partial charge on any atom is 0.164 e. The van der Waals surface area contributed by atoms with E-state index in [1.54, 1.807) is 0 Å². The molecule has 0 spiro atoms. The van der Waals surface area contributed by atoms with E-state index in [0.717, 1.165) is 90.2 Å². The number of fused-ring (bicyclic) bond motifs is 1. The summed E-state index contributed by atoms with van der Waals surface area (Å²) in [5.41, 5.74) is 15.0. The van der Waals surface area contributed by atoms with E-state index in [4.69, 9.17) is 19.9 Å². The Morgan fingerprint density at radius 2 is 0.934 bits per heavy atom. The number of nitrogens with zero attached hydrogens (tertiary/aromatic N) is 6. The second-order valence-electron chi connectivity index (χ2n) is 14.9. The van der Waals surface area contributed by atoms with Crippen molar-refractivity contribution in [2.75, 3.05) is 0 Å². The van der Waals surface area contributed by atoms with Crippen molar-refractivity contribution < 1.29 is 0 Å². The number of hydrogen-bond donors (Lipinski definition) is 0. The average Bonchev–Trinajstić information content (AvgIpc) is 3.73. The van der Waals surface area contributed by atoms with Gasteiger partial charge in [-0.3, -0.25) is 4.57 Å². The number of para-hydroxylation sites is 2. The Labute approximate surface area is 354 Å². The summed E-state index contributed by atoms with van der Waals surface area (Å²) >= 11 is 0. The molecule has 0 bridgehead atoms. The molecule has 61 heavy (non-hydrogen) atoms. The van der Waals surface area contributed by atoms with Crippen LogP contribution < -0.4 is 0 Å². The van der Waals surface area contributed by atoms with E-state index in [2.05, 4.69) is 133 Å². The lowest BCUT2D eigenvalue weighted by Crippen LogP contribution is -2.00. The molecule has 6 heteroatoms. The third-order valence-electron chi connectivity index (χ3n) is 11.1. The van der Waals surface area contributed by atoms with Crippen LogP contribution in [0.4, 0.5) is 0 Å². The lowest BCUT2D eigenvalue weighted by molar-refractivity contribution is 0.908. The van der Waals surface area contributed by atoms with Crippen LogP contribution in [0, 0.1) is 11.3 Å². The molecular formula is C55H38N6. The van der Waals surface area contributed by atoms with Crippen molar-refractivity contribution in [3.63, 3.8) is 0 Å². The minimum Gasteiger partial charge on any atom is -0.296 e. The molecule has 0 aliphatic carbocycles. The lowest BCUT2D eigenvalue weighted by Gasteiger charge is -2.18. The van der Waals surface area contributed by atoms with E-state index < -0.39 is 0 Å². The molecule has 0 atom stereocenters.